The van der Waals surface area contributed by atoms with Gasteiger partial charge in [0.1, 0.15) is 0 Å². The zero-order valence-corrected chi connectivity index (χ0v) is 10.6. The second kappa shape index (κ2) is 4.91. The van der Waals surface area contributed by atoms with Gasteiger partial charge >= 0.3 is 0 Å². The number of aryl methyl sites for hydroxylation is 1. The molecule has 0 fully saturated rings. The first-order valence-electron chi connectivity index (χ1n) is 4.93. The van der Waals surface area contributed by atoms with Gasteiger partial charge in [-0.15, -0.1) is 0 Å². The summed E-state index contributed by atoms with van der Waals surface area (Å²) in [6, 6.07) is 6.10. The smallest absolute Gasteiger partial charge is 0.0957 e. The van der Waals surface area contributed by atoms with Crippen molar-refractivity contribution >= 4 is 23.3 Å². The molecule has 1 aromatic carbocycles. The standard InChI is InChI=1S/C11H12ClN3S/c1-7-3-4-8(5-9(7)12)11(13-2)10-6-14-16-15-10/h3-6,11,13H,1-2H3. The van der Waals surface area contributed by atoms with E-state index in [1.807, 2.05) is 26.1 Å². The van der Waals surface area contributed by atoms with Crippen LogP contribution in [0.15, 0.2) is 24.4 Å². The highest BCUT2D eigenvalue weighted by atomic mass is 35.5. The van der Waals surface area contributed by atoms with Gasteiger partial charge in [-0.25, -0.2) is 0 Å². The van der Waals surface area contributed by atoms with Crippen molar-refractivity contribution in [3.63, 3.8) is 0 Å². The Morgan fingerprint density at radius 2 is 2.25 bits per heavy atom. The number of aromatic nitrogens is 2. The Bertz CT molecular complexity index is 470. The van der Waals surface area contributed by atoms with Crippen LogP contribution in [0.5, 0.6) is 0 Å². The minimum absolute atomic E-state index is 0.0526. The van der Waals surface area contributed by atoms with Crippen LogP contribution in [-0.4, -0.2) is 15.8 Å². The van der Waals surface area contributed by atoms with Gasteiger partial charge < -0.3 is 5.32 Å². The van der Waals surface area contributed by atoms with Crippen molar-refractivity contribution in [2.45, 2.75) is 13.0 Å². The Balaban J connectivity index is 2.37. The molecule has 1 heterocycles. The van der Waals surface area contributed by atoms with E-state index in [9.17, 15) is 0 Å². The van der Waals surface area contributed by atoms with E-state index in [0.717, 1.165) is 21.8 Å². The maximum absolute atomic E-state index is 6.12. The fraction of sp³-hybridized carbons (Fsp3) is 0.273. The minimum Gasteiger partial charge on any atom is -0.308 e. The Morgan fingerprint density at radius 3 is 2.81 bits per heavy atom. The molecule has 0 bridgehead atoms. The molecule has 0 aliphatic carbocycles. The van der Waals surface area contributed by atoms with Crippen LogP contribution >= 0.6 is 23.3 Å². The fourth-order valence-electron chi connectivity index (χ4n) is 1.57. The van der Waals surface area contributed by atoms with Gasteiger partial charge in [-0.05, 0) is 31.2 Å². The Hall–Kier alpha value is -0.970. The van der Waals surface area contributed by atoms with Crippen molar-refractivity contribution < 1.29 is 0 Å². The van der Waals surface area contributed by atoms with E-state index >= 15 is 0 Å². The second-order valence-corrected chi connectivity index (χ2v) is 4.53. The molecule has 0 saturated carbocycles. The SMILES string of the molecule is CNC(c1ccc(C)c(Cl)c1)c1cnsn1. The van der Waals surface area contributed by atoms with E-state index < -0.39 is 0 Å². The third-order valence-electron chi connectivity index (χ3n) is 2.49. The molecular formula is C11H12ClN3S. The maximum atomic E-state index is 6.12. The monoisotopic (exact) mass is 253 g/mol. The molecule has 0 saturated heterocycles. The summed E-state index contributed by atoms with van der Waals surface area (Å²) in [7, 11) is 1.90. The van der Waals surface area contributed by atoms with Crippen LogP contribution in [0.25, 0.3) is 0 Å². The molecule has 16 heavy (non-hydrogen) atoms. The molecule has 0 amide bonds. The number of nitrogens with one attached hydrogen (secondary N) is 1. The molecule has 0 radical (unpaired) electrons. The van der Waals surface area contributed by atoms with Crippen molar-refractivity contribution in [2.75, 3.05) is 7.05 Å². The lowest BCUT2D eigenvalue weighted by atomic mass is 10.0. The zero-order valence-electron chi connectivity index (χ0n) is 9.07. The van der Waals surface area contributed by atoms with Crippen LogP contribution < -0.4 is 5.32 Å². The highest BCUT2D eigenvalue weighted by Gasteiger charge is 2.15. The lowest BCUT2D eigenvalue weighted by Crippen LogP contribution is -2.17. The third-order valence-corrected chi connectivity index (χ3v) is 3.39. The average molecular weight is 254 g/mol. The molecule has 84 valence electrons. The topological polar surface area (TPSA) is 37.8 Å². The van der Waals surface area contributed by atoms with Crippen molar-refractivity contribution in [2.24, 2.45) is 0 Å². The van der Waals surface area contributed by atoms with Crippen LogP contribution in [0.1, 0.15) is 22.9 Å². The van der Waals surface area contributed by atoms with E-state index in [1.165, 1.54) is 11.7 Å². The van der Waals surface area contributed by atoms with Crippen LogP contribution in [-0.2, 0) is 0 Å². The van der Waals surface area contributed by atoms with E-state index in [2.05, 4.69) is 20.1 Å². The molecule has 2 aromatic rings. The van der Waals surface area contributed by atoms with Gasteiger partial charge in [0.25, 0.3) is 0 Å². The summed E-state index contributed by atoms with van der Waals surface area (Å²) in [4.78, 5) is 0. The van der Waals surface area contributed by atoms with Crippen LogP contribution in [0.3, 0.4) is 0 Å². The molecule has 0 spiro atoms. The minimum atomic E-state index is 0.0526. The van der Waals surface area contributed by atoms with Crippen LogP contribution in [0, 0.1) is 6.92 Å². The summed E-state index contributed by atoms with van der Waals surface area (Å²) >= 11 is 7.33. The van der Waals surface area contributed by atoms with Gasteiger partial charge in [0.15, 0.2) is 0 Å². The summed E-state index contributed by atoms with van der Waals surface area (Å²) < 4.78 is 8.25. The van der Waals surface area contributed by atoms with Gasteiger partial charge in [-0.2, -0.15) is 8.75 Å². The van der Waals surface area contributed by atoms with Gasteiger partial charge in [0.2, 0.25) is 0 Å². The molecule has 1 aromatic heterocycles. The van der Waals surface area contributed by atoms with Crippen LogP contribution in [0.2, 0.25) is 5.02 Å². The molecular weight excluding hydrogens is 242 g/mol. The molecule has 0 aliphatic heterocycles. The average Bonchev–Trinajstić information content (AvgIpc) is 2.78. The Kier molecular flexibility index (Phi) is 3.53. The Labute approximate surface area is 104 Å². The molecule has 1 atom stereocenters. The first kappa shape index (κ1) is 11.5. The second-order valence-electron chi connectivity index (χ2n) is 3.56. The van der Waals surface area contributed by atoms with Crippen molar-refractivity contribution in [3.05, 3.63) is 46.2 Å². The summed E-state index contributed by atoms with van der Waals surface area (Å²) in [6.07, 6.45) is 1.78. The van der Waals surface area contributed by atoms with Crippen molar-refractivity contribution in [1.29, 1.82) is 0 Å². The summed E-state index contributed by atoms with van der Waals surface area (Å²) in [6.45, 7) is 1.99. The zero-order chi connectivity index (χ0) is 11.5. The number of halogens is 1. The normalized spacial score (nSPS) is 12.7. The molecule has 0 aliphatic rings. The molecule has 3 nitrogen and oxygen atoms in total. The van der Waals surface area contributed by atoms with E-state index in [1.54, 1.807) is 6.20 Å². The van der Waals surface area contributed by atoms with Crippen molar-refractivity contribution in [1.82, 2.24) is 14.1 Å². The predicted octanol–water partition coefficient (Wildman–Crippen LogP) is 2.81. The fourth-order valence-corrected chi connectivity index (χ4v) is 2.21. The third kappa shape index (κ3) is 2.24. The summed E-state index contributed by atoms with van der Waals surface area (Å²) in [5, 5.41) is 3.99. The first-order valence-corrected chi connectivity index (χ1v) is 6.04. The van der Waals surface area contributed by atoms with Gasteiger partial charge in [-0.1, -0.05) is 23.7 Å². The van der Waals surface area contributed by atoms with E-state index in [4.69, 9.17) is 11.6 Å². The van der Waals surface area contributed by atoms with Crippen LogP contribution in [0.4, 0.5) is 0 Å². The molecule has 2 rings (SSSR count). The largest absolute Gasteiger partial charge is 0.308 e. The lowest BCUT2D eigenvalue weighted by Gasteiger charge is -2.14. The number of hydrogen-bond acceptors (Lipinski definition) is 4. The predicted molar refractivity (Wildman–Crippen MR) is 67.0 cm³/mol. The number of nitrogens with zero attached hydrogens (tertiary/aromatic N) is 2. The lowest BCUT2D eigenvalue weighted by molar-refractivity contribution is 0.677. The van der Waals surface area contributed by atoms with E-state index in [0.29, 0.717) is 0 Å². The summed E-state index contributed by atoms with van der Waals surface area (Å²) in [5.74, 6) is 0. The molecule has 1 N–H and O–H groups in total. The first-order chi connectivity index (χ1) is 7.72. The number of hydrogen-bond donors (Lipinski definition) is 1. The van der Waals surface area contributed by atoms with E-state index in [-0.39, 0.29) is 6.04 Å². The maximum Gasteiger partial charge on any atom is 0.0957 e. The summed E-state index contributed by atoms with van der Waals surface area (Å²) in [5.41, 5.74) is 3.11. The highest BCUT2D eigenvalue weighted by Crippen LogP contribution is 2.25. The van der Waals surface area contributed by atoms with Crippen molar-refractivity contribution in [3.8, 4) is 0 Å². The number of benzene rings is 1. The quantitative estimate of drug-likeness (QED) is 0.914. The van der Waals surface area contributed by atoms with Gasteiger partial charge in [0.05, 0.1) is 29.7 Å². The Morgan fingerprint density at radius 1 is 1.44 bits per heavy atom. The number of rotatable bonds is 3. The molecule has 1 unspecified atom stereocenters. The highest BCUT2D eigenvalue weighted by molar-refractivity contribution is 6.99. The van der Waals surface area contributed by atoms with Gasteiger partial charge in [0, 0.05) is 5.02 Å². The molecule has 5 heteroatoms. The van der Waals surface area contributed by atoms with Gasteiger partial charge in [-0.3, -0.25) is 0 Å².